The van der Waals surface area contributed by atoms with Gasteiger partial charge in [-0.2, -0.15) is 0 Å². The zero-order valence-electron chi connectivity index (χ0n) is 13.9. The van der Waals surface area contributed by atoms with Crippen LogP contribution in [0.25, 0.3) is 0 Å². The molecule has 1 aliphatic heterocycles. The molecule has 1 aromatic carbocycles. The Kier molecular flexibility index (Phi) is 5.04. The van der Waals surface area contributed by atoms with Gasteiger partial charge in [0.2, 0.25) is 0 Å². The monoisotopic (exact) mass is 288 g/mol. The Morgan fingerprint density at radius 3 is 2.38 bits per heavy atom. The fourth-order valence-electron chi connectivity index (χ4n) is 2.69. The Morgan fingerprint density at radius 2 is 1.81 bits per heavy atom. The van der Waals surface area contributed by atoms with Gasteiger partial charge in [0.1, 0.15) is 5.78 Å². The van der Waals surface area contributed by atoms with Crippen molar-refractivity contribution in [2.24, 2.45) is 5.41 Å². The predicted molar refractivity (Wildman–Crippen MR) is 88.9 cm³/mol. The van der Waals surface area contributed by atoms with Crippen LogP contribution in [0.15, 0.2) is 24.3 Å². The summed E-state index contributed by atoms with van der Waals surface area (Å²) in [7, 11) is 0. The quantitative estimate of drug-likeness (QED) is 0.850. The molecular weight excluding hydrogens is 260 g/mol. The maximum atomic E-state index is 12.0. The van der Waals surface area contributed by atoms with E-state index in [0.717, 1.165) is 32.7 Å². The van der Waals surface area contributed by atoms with Gasteiger partial charge < -0.3 is 4.90 Å². The van der Waals surface area contributed by atoms with Gasteiger partial charge >= 0.3 is 0 Å². The molecule has 0 aliphatic carbocycles. The van der Waals surface area contributed by atoms with E-state index in [1.807, 2.05) is 20.8 Å². The zero-order valence-corrected chi connectivity index (χ0v) is 13.9. The van der Waals surface area contributed by atoms with Crippen molar-refractivity contribution in [3.8, 4) is 0 Å². The van der Waals surface area contributed by atoms with E-state index < -0.39 is 0 Å². The Morgan fingerprint density at radius 1 is 1.14 bits per heavy atom. The van der Waals surface area contributed by atoms with Crippen molar-refractivity contribution in [3.05, 3.63) is 29.8 Å². The molecule has 1 aliphatic rings. The highest BCUT2D eigenvalue weighted by atomic mass is 16.1. The topological polar surface area (TPSA) is 23.6 Å². The van der Waals surface area contributed by atoms with Crippen LogP contribution in [0.1, 0.15) is 32.8 Å². The summed E-state index contributed by atoms with van der Waals surface area (Å²) >= 11 is 0. The smallest absolute Gasteiger partial charge is 0.139 e. The van der Waals surface area contributed by atoms with Crippen molar-refractivity contribution >= 4 is 11.5 Å². The van der Waals surface area contributed by atoms with Crippen LogP contribution >= 0.6 is 0 Å². The lowest BCUT2D eigenvalue weighted by Crippen LogP contribution is -2.47. The second-order valence-corrected chi connectivity index (χ2v) is 7.09. The Labute approximate surface area is 128 Å². The van der Waals surface area contributed by atoms with E-state index >= 15 is 0 Å². The standard InChI is InChI=1S/C18H28N2O/c1-15-6-5-7-16(14-15)20-12-10-19(11-13-20)9-8-17(21)18(2,3)4/h5-7,14H,8-13H2,1-4H3. The minimum atomic E-state index is -0.205. The van der Waals surface area contributed by atoms with Gasteiger partial charge in [0.05, 0.1) is 0 Å². The van der Waals surface area contributed by atoms with Crippen LogP contribution in [-0.4, -0.2) is 43.4 Å². The molecule has 3 nitrogen and oxygen atoms in total. The van der Waals surface area contributed by atoms with E-state index in [2.05, 4.69) is 41.0 Å². The number of nitrogens with zero attached hydrogens (tertiary/aromatic N) is 2. The van der Waals surface area contributed by atoms with Crippen molar-refractivity contribution in [3.63, 3.8) is 0 Å². The maximum Gasteiger partial charge on any atom is 0.139 e. The van der Waals surface area contributed by atoms with E-state index in [1.165, 1.54) is 11.3 Å². The normalized spacial score (nSPS) is 17.0. The summed E-state index contributed by atoms with van der Waals surface area (Å²) in [5.74, 6) is 0.364. The molecule has 0 bridgehead atoms. The van der Waals surface area contributed by atoms with E-state index in [-0.39, 0.29) is 5.41 Å². The van der Waals surface area contributed by atoms with Crippen LogP contribution < -0.4 is 4.90 Å². The Hall–Kier alpha value is -1.35. The van der Waals surface area contributed by atoms with E-state index in [9.17, 15) is 4.79 Å². The van der Waals surface area contributed by atoms with E-state index in [4.69, 9.17) is 0 Å². The minimum absolute atomic E-state index is 0.205. The van der Waals surface area contributed by atoms with Gasteiger partial charge in [-0.15, -0.1) is 0 Å². The van der Waals surface area contributed by atoms with Crippen LogP contribution in [0.4, 0.5) is 5.69 Å². The van der Waals surface area contributed by atoms with Crippen molar-refractivity contribution in [2.45, 2.75) is 34.1 Å². The third-order valence-corrected chi connectivity index (χ3v) is 4.23. The summed E-state index contributed by atoms with van der Waals surface area (Å²) in [5.41, 5.74) is 2.43. The second-order valence-electron chi connectivity index (χ2n) is 7.09. The van der Waals surface area contributed by atoms with Gasteiger partial charge in [-0.05, 0) is 24.6 Å². The largest absolute Gasteiger partial charge is 0.369 e. The molecule has 0 unspecified atom stereocenters. The molecule has 116 valence electrons. The zero-order chi connectivity index (χ0) is 15.5. The van der Waals surface area contributed by atoms with Crippen LogP contribution in [0.5, 0.6) is 0 Å². The highest BCUT2D eigenvalue weighted by Crippen LogP contribution is 2.19. The molecule has 1 saturated heterocycles. The molecule has 0 amide bonds. The number of anilines is 1. The Bertz CT molecular complexity index is 482. The highest BCUT2D eigenvalue weighted by Gasteiger charge is 2.23. The average Bonchev–Trinajstić information content (AvgIpc) is 2.44. The number of piperazine rings is 1. The number of rotatable bonds is 4. The van der Waals surface area contributed by atoms with Gasteiger partial charge in [0, 0.05) is 50.2 Å². The molecule has 0 N–H and O–H groups in total. The van der Waals surface area contributed by atoms with Gasteiger partial charge in [0.15, 0.2) is 0 Å². The van der Waals surface area contributed by atoms with Gasteiger partial charge in [-0.1, -0.05) is 32.9 Å². The maximum absolute atomic E-state index is 12.0. The summed E-state index contributed by atoms with van der Waals surface area (Å²) < 4.78 is 0. The van der Waals surface area contributed by atoms with Crippen molar-refractivity contribution < 1.29 is 4.79 Å². The van der Waals surface area contributed by atoms with E-state index in [1.54, 1.807) is 0 Å². The predicted octanol–water partition coefficient (Wildman–Crippen LogP) is 3.12. The van der Waals surface area contributed by atoms with Crippen molar-refractivity contribution in [1.82, 2.24) is 4.90 Å². The van der Waals surface area contributed by atoms with Gasteiger partial charge in [-0.3, -0.25) is 9.69 Å². The molecular formula is C18H28N2O. The molecule has 3 heteroatoms. The number of benzene rings is 1. The SMILES string of the molecule is Cc1cccc(N2CCN(CCC(=O)C(C)(C)C)CC2)c1. The number of Topliss-reactive ketones (excluding diaryl/α,β-unsaturated/α-hetero) is 1. The lowest BCUT2D eigenvalue weighted by atomic mass is 9.89. The second kappa shape index (κ2) is 6.61. The number of hydrogen-bond donors (Lipinski definition) is 0. The molecule has 2 rings (SSSR count). The number of carbonyl (C=O) groups excluding carboxylic acids is 1. The van der Waals surface area contributed by atoms with Crippen LogP contribution in [0.2, 0.25) is 0 Å². The fraction of sp³-hybridized carbons (Fsp3) is 0.611. The molecule has 0 aromatic heterocycles. The molecule has 1 aromatic rings. The van der Waals surface area contributed by atoms with Gasteiger partial charge in [0.25, 0.3) is 0 Å². The molecule has 0 spiro atoms. The lowest BCUT2D eigenvalue weighted by molar-refractivity contribution is -0.126. The molecule has 0 atom stereocenters. The first-order valence-electron chi connectivity index (χ1n) is 7.93. The Balaban J connectivity index is 1.80. The summed E-state index contributed by atoms with van der Waals surface area (Å²) in [6, 6.07) is 8.70. The van der Waals surface area contributed by atoms with Crippen LogP contribution in [0, 0.1) is 12.3 Å². The number of aryl methyl sites for hydroxylation is 1. The number of ketones is 1. The first-order valence-corrected chi connectivity index (χ1v) is 7.93. The molecule has 1 heterocycles. The summed E-state index contributed by atoms with van der Waals surface area (Å²) in [6.07, 6.45) is 0.675. The number of hydrogen-bond acceptors (Lipinski definition) is 3. The minimum Gasteiger partial charge on any atom is -0.369 e. The first-order chi connectivity index (χ1) is 9.86. The van der Waals surface area contributed by atoms with Crippen molar-refractivity contribution in [1.29, 1.82) is 0 Å². The van der Waals surface area contributed by atoms with Crippen LogP contribution in [0.3, 0.4) is 0 Å². The molecule has 1 fully saturated rings. The highest BCUT2D eigenvalue weighted by molar-refractivity contribution is 5.83. The summed E-state index contributed by atoms with van der Waals surface area (Å²) in [6.45, 7) is 13.2. The first kappa shape index (κ1) is 16.0. The third kappa shape index (κ3) is 4.57. The van der Waals surface area contributed by atoms with E-state index in [0.29, 0.717) is 12.2 Å². The molecule has 0 radical (unpaired) electrons. The third-order valence-electron chi connectivity index (χ3n) is 4.23. The molecule has 0 saturated carbocycles. The van der Waals surface area contributed by atoms with Gasteiger partial charge in [-0.25, -0.2) is 0 Å². The number of carbonyl (C=O) groups is 1. The van der Waals surface area contributed by atoms with Crippen molar-refractivity contribution in [2.75, 3.05) is 37.6 Å². The fourth-order valence-corrected chi connectivity index (χ4v) is 2.69. The molecule has 21 heavy (non-hydrogen) atoms. The summed E-state index contributed by atoms with van der Waals surface area (Å²) in [5, 5.41) is 0. The van der Waals surface area contributed by atoms with Crippen LogP contribution in [-0.2, 0) is 4.79 Å². The average molecular weight is 288 g/mol. The summed E-state index contributed by atoms with van der Waals surface area (Å²) in [4.78, 5) is 16.8. The lowest BCUT2D eigenvalue weighted by Gasteiger charge is -2.36.